The first kappa shape index (κ1) is 23.1. The topological polar surface area (TPSA) is 22.4 Å². The van der Waals surface area contributed by atoms with Crippen molar-refractivity contribution in [3.63, 3.8) is 0 Å². The summed E-state index contributed by atoms with van der Waals surface area (Å²) in [5, 5.41) is 3.59. The summed E-state index contributed by atoms with van der Waals surface area (Å²) >= 11 is 0. The van der Waals surface area contributed by atoms with Crippen molar-refractivity contribution in [2.75, 3.05) is 7.11 Å². The highest BCUT2D eigenvalue weighted by Crippen LogP contribution is 2.49. The molecule has 0 atom stereocenters. The number of aryl methyl sites for hydroxylation is 1. The first-order valence-corrected chi connectivity index (χ1v) is 13.1. The SMILES string of the molecule is CCCCc1c(-c2ccc(OC)cc2)c2ccccc2c2oc(-c3ccccc3)c(-c3ccccc3)c12. The lowest BCUT2D eigenvalue weighted by molar-refractivity contribution is 0.415. The van der Waals surface area contributed by atoms with E-state index in [1.165, 1.54) is 38.6 Å². The molecule has 6 aromatic rings. The molecule has 2 heteroatoms. The van der Waals surface area contributed by atoms with Crippen LogP contribution >= 0.6 is 0 Å². The molecule has 182 valence electrons. The standard InChI is InChI=1S/C35H30O2/c1-3-4-17-30-31(25-20-22-27(36-2)23-21-25)28-18-11-12-19-29(28)35-33(30)32(24-13-7-5-8-14-24)34(37-35)26-15-9-6-10-16-26/h5-16,18-23H,3-4,17H2,1-2H3. The zero-order chi connectivity index (χ0) is 25.2. The Balaban J connectivity index is 1.80. The zero-order valence-electron chi connectivity index (χ0n) is 21.3. The van der Waals surface area contributed by atoms with Crippen LogP contribution in [0.15, 0.2) is 114 Å². The molecule has 0 N–H and O–H groups in total. The van der Waals surface area contributed by atoms with Crippen molar-refractivity contribution in [1.82, 2.24) is 0 Å². The molecule has 1 heterocycles. The van der Waals surface area contributed by atoms with E-state index in [9.17, 15) is 0 Å². The lowest BCUT2D eigenvalue weighted by Gasteiger charge is -2.17. The van der Waals surface area contributed by atoms with Gasteiger partial charge in [0.1, 0.15) is 17.1 Å². The average Bonchev–Trinajstić information content (AvgIpc) is 3.38. The van der Waals surface area contributed by atoms with Gasteiger partial charge in [0.25, 0.3) is 0 Å². The number of hydrogen-bond acceptors (Lipinski definition) is 2. The van der Waals surface area contributed by atoms with Crippen LogP contribution in [0.2, 0.25) is 0 Å². The molecule has 0 amide bonds. The van der Waals surface area contributed by atoms with E-state index in [4.69, 9.17) is 9.15 Å². The Morgan fingerprint density at radius 1 is 0.622 bits per heavy atom. The minimum absolute atomic E-state index is 0.865. The minimum Gasteiger partial charge on any atom is -0.497 e. The molecule has 37 heavy (non-hydrogen) atoms. The molecule has 0 spiro atoms. The van der Waals surface area contributed by atoms with Crippen molar-refractivity contribution in [1.29, 1.82) is 0 Å². The fraction of sp³-hybridized carbons (Fsp3) is 0.143. The third kappa shape index (κ3) is 4.09. The van der Waals surface area contributed by atoms with Crippen LogP contribution in [0.5, 0.6) is 5.75 Å². The van der Waals surface area contributed by atoms with Crippen LogP contribution in [0.4, 0.5) is 0 Å². The number of fused-ring (bicyclic) bond motifs is 3. The van der Waals surface area contributed by atoms with Gasteiger partial charge in [0.2, 0.25) is 0 Å². The maximum atomic E-state index is 6.88. The first-order chi connectivity index (χ1) is 18.3. The highest BCUT2D eigenvalue weighted by atomic mass is 16.5. The molecule has 0 bridgehead atoms. The average molecular weight is 483 g/mol. The van der Waals surface area contributed by atoms with E-state index in [1.807, 2.05) is 0 Å². The summed E-state index contributed by atoms with van der Waals surface area (Å²) in [5.41, 5.74) is 8.25. The number of rotatable bonds is 7. The summed E-state index contributed by atoms with van der Waals surface area (Å²) in [7, 11) is 1.71. The second kappa shape index (κ2) is 9.99. The lowest BCUT2D eigenvalue weighted by Crippen LogP contribution is -1.96. The molecule has 6 rings (SSSR count). The Hall–Kier alpha value is -4.30. The van der Waals surface area contributed by atoms with Gasteiger partial charge in [-0.3, -0.25) is 0 Å². The van der Waals surface area contributed by atoms with Crippen molar-refractivity contribution in [2.24, 2.45) is 0 Å². The molecule has 0 aliphatic rings. The smallest absolute Gasteiger partial charge is 0.143 e. The lowest BCUT2D eigenvalue weighted by atomic mass is 9.85. The van der Waals surface area contributed by atoms with E-state index in [1.54, 1.807) is 7.11 Å². The summed E-state index contributed by atoms with van der Waals surface area (Å²) in [6, 6.07) is 38.3. The van der Waals surface area contributed by atoms with Crippen LogP contribution in [0.1, 0.15) is 25.3 Å². The van der Waals surface area contributed by atoms with Crippen molar-refractivity contribution >= 4 is 21.7 Å². The Morgan fingerprint density at radius 3 is 1.86 bits per heavy atom. The van der Waals surface area contributed by atoms with Crippen LogP contribution in [0.3, 0.4) is 0 Å². The normalized spacial score (nSPS) is 11.3. The monoisotopic (exact) mass is 482 g/mol. The highest BCUT2D eigenvalue weighted by Gasteiger charge is 2.25. The Morgan fingerprint density at radius 2 is 1.22 bits per heavy atom. The Bertz CT molecular complexity index is 1660. The zero-order valence-corrected chi connectivity index (χ0v) is 21.3. The third-order valence-corrected chi connectivity index (χ3v) is 7.21. The number of methoxy groups -OCH3 is 1. The third-order valence-electron chi connectivity index (χ3n) is 7.21. The van der Waals surface area contributed by atoms with Gasteiger partial charge < -0.3 is 9.15 Å². The van der Waals surface area contributed by atoms with Crippen LogP contribution in [-0.4, -0.2) is 7.11 Å². The first-order valence-electron chi connectivity index (χ1n) is 13.1. The maximum absolute atomic E-state index is 6.88. The maximum Gasteiger partial charge on any atom is 0.143 e. The minimum atomic E-state index is 0.865. The largest absolute Gasteiger partial charge is 0.497 e. The summed E-state index contributed by atoms with van der Waals surface area (Å²) < 4.78 is 12.4. The molecule has 0 fully saturated rings. The van der Waals surface area contributed by atoms with Crippen LogP contribution in [0, 0.1) is 0 Å². The van der Waals surface area contributed by atoms with Gasteiger partial charge >= 0.3 is 0 Å². The number of hydrogen-bond donors (Lipinski definition) is 0. The molecule has 2 nitrogen and oxygen atoms in total. The molecule has 0 saturated carbocycles. The van der Waals surface area contributed by atoms with E-state index in [2.05, 4.69) is 116 Å². The summed E-state index contributed by atoms with van der Waals surface area (Å²) in [5.74, 6) is 1.79. The molecule has 5 aromatic carbocycles. The van der Waals surface area contributed by atoms with Crippen LogP contribution in [-0.2, 0) is 6.42 Å². The second-order valence-corrected chi connectivity index (χ2v) is 9.47. The van der Waals surface area contributed by atoms with Crippen molar-refractivity contribution in [3.8, 4) is 39.3 Å². The molecule has 0 radical (unpaired) electrons. The quantitative estimate of drug-likeness (QED) is 0.226. The van der Waals surface area contributed by atoms with Crippen molar-refractivity contribution in [2.45, 2.75) is 26.2 Å². The molecular weight excluding hydrogens is 452 g/mol. The van der Waals surface area contributed by atoms with Gasteiger partial charge in [0.05, 0.1) is 7.11 Å². The molecule has 0 aliphatic carbocycles. The highest BCUT2D eigenvalue weighted by molar-refractivity contribution is 6.19. The molecule has 0 unspecified atom stereocenters. The fourth-order valence-electron chi connectivity index (χ4n) is 5.46. The van der Waals surface area contributed by atoms with Gasteiger partial charge in [0.15, 0.2) is 0 Å². The van der Waals surface area contributed by atoms with E-state index >= 15 is 0 Å². The summed E-state index contributed by atoms with van der Waals surface area (Å²) in [6.07, 6.45) is 3.21. The second-order valence-electron chi connectivity index (χ2n) is 9.47. The predicted molar refractivity (Wildman–Crippen MR) is 155 cm³/mol. The molecule has 1 aromatic heterocycles. The summed E-state index contributed by atoms with van der Waals surface area (Å²) in [6.45, 7) is 2.26. The van der Waals surface area contributed by atoms with Crippen LogP contribution < -0.4 is 4.74 Å². The van der Waals surface area contributed by atoms with Gasteiger partial charge in [0, 0.05) is 21.9 Å². The van der Waals surface area contributed by atoms with E-state index in [0.717, 1.165) is 47.3 Å². The molecule has 0 saturated heterocycles. The van der Waals surface area contributed by atoms with E-state index in [0.29, 0.717) is 0 Å². The fourth-order valence-corrected chi connectivity index (χ4v) is 5.46. The van der Waals surface area contributed by atoms with Gasteiger partial charge in [-0.2, -0.15) is 0 Å². The van der Waals surface area contributed by atoms with Gasteiger partial charge in [-0.25, -0.2) is 0 Å². The van der Waals surface area contributed by atoms with Gasteiger partial charge in [-0.15, -0.1) is 0 Å². The van der Waals surface area contributed by atoms with E-state index in [-0.39, 0.29) is 0 Å². The van der Waals surface area contributed by atoms with Crippen LogP contribution in [0.25, 0.3) is 55.3 Å². The van der Waals surface area contributed by atoms with Crippen molar-refractivity contribution < 1.29 is 9.15 Å². The molecular formula is C35H30O2. The van der Waals surface area contributed by atoms with Crippen molar-refractivity contribution in [3.05, 3.63) is 115 Å². The Labute approximate surface area is 218 Å². The summed E-state index contributed by atoms with van der Waals surface area (Å²) in [4.78, 5) is 0. The number of furan rings is 1. The number of ether oxygens (including phenoxy) is 1. The van der Waals surface area contributed by atoms with Gasteiger partial charge in [-0.05, 0) is 52.6 Å². The van der Waals surface area contributed by atoms with E-state index < -0.39 is 0 Å². The molecule has 0 aliphatic heterocycles. The van der Waals surface area contributed by atoms with Gasteiger partial charge in [-0.1, -0.05) is 110 Å². The predicted octanol–water partition coefficient (Wildman–Crippen LogP) is 9.94. The Kier molecular flexibility index (Phi) is 6.24. The number of benzene rings is 5. The number of unbranched alkanes of at least 4 members (excludes halogenated alkanes) is 1.